The zero-order chi connectivity index (χ0) is 14.8. The first-order valence-corrected chi connectivity index (χ1v) is 7.58. The summed E-state index contributed by atoms with van der Waals surface area (Å²) in [4.78, 5) is 17.7. The number of aromatic nitrogens is 1. The van der Waals surface area contributed by atoms with E-state index in [4.69, 9.17) is 0 Å². The van der Waals surface area contributed by atoms with Crippen LogP contribution in [-0.4, -0.2) is 28.1 Å². The van der Waals surface area contributed by atoms with Gasteiger partial charge in [0.05, 0.1) is 5.69 Å². The van der Waals surface area contributed by atoms with Crippen molar-refractivity contribution in [2.24, 2.45) is 5.92 Å². The van der Waals surface area contributed by atoms with Crippen molar-refractivity contribution >= 4 is 11.7 Å². The summed E-state index contributed by atoms with van der Waals surface area (Å²) in [6, 6.07) is 5.40. The molecule has 0 radical (unpaired) electrons. The average molecular weight is 285 g/mol. The van der Waals surface area contributed by atoms with Gasteiger partial charge in [0.25, 0.3) is 0 Å². The van der Waals surface area contributed by atoms with Crippen LogP contribution in [0, 0.1) is 17.2 Å². The topological polar surface area (TPSA) is 77.2 Å². The molecule has 2 fully saturated rings. The SMILES string of the molecule is N#Cc1ncccc1N1C(C(=O)O)CCC2CCCCC21. The molecule has 0 amide bonds. The highest BCUT2D eigenvalue weighted by atomic mass is 16.4. The summed E-state index contributed by atoms with van der Waals surface area (Å²) < 4.78 is 0. The molecular formula is C16H19N3O2. The Morgan fingerprint density at radius 2 is 2.14 bits per heavy atom. The van der Waals surface area contributed by atoms with E-state index in [1.807, 2.05) is 11.0 Å². The summed E-state index contributed by atoms with van der Waals surface area (Å²) in [5.41, 5.74) is 1.01. The van der Waals surface area contributed by atoms with Crippen molar-refractivity contribution in [3.8, 4) is 6.07 Å². The second-order valence-electron chi connectivity index (χ2n) is 5.93. The number of nitriles is 1. The van der Waals surface area contributed by atoms with Crippen molar-refractivity contribution in [2.75, 3.05) is 4.90 Å². The molecule has 0 bridgehead atoms. The van der Waals surface area contributed by atoms with Gasteiger partial charge in [-0.3, -0.25) is 0 Å². The molecule has 1 saturated carbocycles. The van der Waals surface area contributed by atoms with Gasteiger partial charge in [-0.2, -0.15) is 5.26 Å². The lowest BCUT2D eigenvalue weighted by molar-refractivity contribution is -0.139. The molecule has 0 aromatic carbocycles. The number of hydrogen-bond acceptors (Lipinski definition) is 4. The lowest BCUT2D eigenvalue weighted by atomic mass is 9.76. The third kappa shape index (κ3) is 2.46. The van der Waals surface area contributed by atoms with Crippen molar-refractivity contribution < 1.29 is 9.90 Å². The van der Waals surface area contributed by atoms with Crippen molar-refractivity contribution in [1.82, 2.24) is 4.98 Å². The molecule has 1 aromatic heterocycles. The highest BCUT2D eigenvalue weighted by Crippen LogP contribution is 2.41. The molecule has 5 nitrogen and oxygen atoms in total. The van der Waals surface area contributed by atoms with Crippen LogP contribution >= 0.6 is 0 Å². The second-order valence-corrected chi connectivity index (χ2v) is 5.93. The molecule has 1 aromatic rings. The van der Waals surface area contributed by atoms with Gasteiger partial charge in [-0.25, -0.2) is 9.78 Å². The lowest BCUT2D eigenvalue weighted by Gasteiger charge is -2.48. The number of anilines is 1. The molecule has 1 saturated heterocycles. The Morgan fingerprint density at radius 3 is 2.90 bits per heavy atom. The Morgan fingerprint density at radius 1 is 1.33 bits per heavy atom. The molecule has 3 atom stereocenters. The highest BCUT2D eigenvalue weighted by Gasteiger charge is 2.42. The van der Waals surface area contributed by atoms with Gasteiger partial charge in [0.2, 0.25) is 0 Å². The van der Waals surface area contributed by atoms with Crippen LogP contribution in [-0.2, 0) is 4.79 Å². The van der Waals surface area contributed by atoms with E-state index in [1.165, 1.54) is 6.42 Å². The molecule has 3 rings (SSSR count). The Hall–Kier alpha value is -2.09. The Kier molecular flexibility index (Phi) is 3.78. The molecule has 110 valence electrons. The third-order valence-corrected chi connectivity index (χ3v) is 4.83. The first-order chi connectivity index (χ1) is 10.2. The van der Waals surface area contributed by atoms with Crippen LogP contribution in [0.1, 0.15) is 44.2 Å². The zero-order valence-corrected chi connectivity index (χ0v) is 11.9. The molecule has 1 N–H and O–H groups in total. The summed E-state index contributed by atoms with van der Waals surface area (Å²) in [5, 5.41) is 18.9. The molecule has 2 aliphatic rings. The lowest BCUT2D eigenvalue weighted by Crippen LogP contribution is -2.55. The van der Waals surface area contributed by atoms with Crippen LogP contribution in [0.2, 0.25) is 0 Å². The summed E-state index contributed by atoms with van der Waals surface area (Å²) in [7, 11) is 0. The first kappa shape index (κ1) is 13.9. The van der Waals surface area contributed by atoms with Crippen LogP contribution in [0.5, 0.6) is 0 Å². The standard InChI is InChI=1S/C16H19N3O2/c17-10-12-14(6-3-9-18-12)19-13-5-2-1-4-11(13)7-8-15(19)16(20)21/h3,6,9,11,13,15H,1-2,4-5,7-8H2,(H,20,21). The molecule has 1 aliphatic heterocycles. The van der Waals surface area contributed by atoms with Gasteiger partial charge in [-0.05, 0) is 43.7 Å². The number of pyridine rings is 1. The molecule has 21 heavy (non-hydrogen) atoms. The Labute approximate surface area is 124 Å². The van der Waals surface area contributed by atoms with Gasteiger partial charge >= 0.3 is 5.97 Å². The Bertz CT molecular complexity index is 581. The van der Waals surface area contributed by atoms with E-state index in [2.05, 4.69) is 11.1 Å². The van der Waals surface area contributed by atoms with E-state index in [9.17, 15) is 15.2 Å². The fourth-order valence-corrected chi connectivity index (χ4v) is 3.91. The number of rotatable bonds is 2. The smallest absolute Gasteiger partial charge is 0.326 e. The van der Waals surface area contributed by atoms with E-state index in [1.54, 1.807) is 12.3 Å². The molecule has 2 heterocycles. The summed E-state index contributed by atoms with van der Waals surface area (Å²) in [6.45, 7) is 0. The summed E-state index contributed by atoms with van der Waals surface area (Å²) in [6.07, 6.45) is 7.73. The summed E-state index contributed by atoms with van der Waals surface area (Å²) in [5.74, 6) is -0.257. The van der Waals surface area contributed by atoms with E-state index in [0.29, 0.717) is 23.7 Å². The number of nitrogens with zero attached hydrogens (tertiary/aromatic N) is 3. The minimum absolute atomic E-state index is 0.227. The molecule has 3 unspecified atom stereocenters. The van der Waals surface area contributed by atoms with Crippen LogP contribution in [0.3, 0.4) is 0 Å². The van der Waals surface area contributed by atoms with E-state index in [-0.39, 0.29) is 6.04 Å². The van der Waals surface area contributed by atoms with Crippen LogP contribution < -0.4 is 4.90 Å². The number of hydrogen-bond donors (Lipinski definition) is 1. The van der Waals surface area contributed by atoms with E-state index >= 15 is 0 Å². The zero-order valence-electron chi connectivity index (χ0n) is 11.9. The van der Waals surface area contributed by atoms with E-state index in [0.717, 1.165) is 25.7 Å². The third-order valence-electron chi connectivity index (χ3n) is 4.83. The Balaban J connectivity index is 2.04. The van der Waals surface area contributed by atoms with Crippen molar-refractivity contribution in [3.05, 3.63) is 24.0 Å². The maximum Gasteiger partial charge on any atom is 0.326 e. The van der Waals surface area contributed by atoms with Crippen molar-refractivity contribution in [1.29, 1.82) is 5.26 Å². The fraction of sp³-hybridized carbons (Fsp3) is 0.562. The van der Waals surface area contributed by atoms with Gasteiger partial charge in [0.1, 0.15) is 12.1 Å². The first-order valence-electron chi connectivity index (χ1n) is 7.58. The maximum absolute atomic E-state index is 11.7. The molecular weight excluding hydrogens is 266 g/mol. The highest BCUT2D eigenvalue weighted by molar-refractivity contribution is 5.79. The number of piperidine rings is 1. The van der Waals surface area contributed by atoms with Gasteiger partial charge < -0.3 is 10.0 Å². The minimum Gasteiger partial charge on any atom is -0.480 e. The molecule has 0 spiro atoms. The number of carboxylic acid groups (broad SMARTS) is 1. The average Bonchev–Trinajstić information content (AvgIpc) is 2.53. The normalized spacial score (nSPS) is 28.5. The predicted octanol–water partition coefficient (Wildman–Crippen LogP) is 2.57. The number of fused-ring (bicyclic) bond motifs is 1. The largest absolute Gasteiger partial charge is 0.480 e. The van der Waals surface area contributed by atoms with Crippen molar-refractivity contribution in [2.45, 2.75) is 50.6 Å². The van der Waals surface area contributed by atoms with Gasteiger partial charge in [0, 0.05) is 12.2 Å². The number of carboxylic acids is 1. The molecule has 5 heteroatoms. The van der Waals surface area contributed by atoms with Gasteiger partial charge in [-0.15, -0.1) is 0 Å². The number of aliphatic carboxylic acids is 1. The quantitative estimate of drug-likeness (QED) is 0.903. The second kappa shape index (κ2) is 5.72. The van der Waals surface area contributed by atoms with Crippen LogP contribution in [0.25, 0.3) is 0 Å². The molecule has 1 aliphatic carbocycles. The predicted molar refractivity (Wildman–Crippen MR) is 77.8 cm³/mol. The fourth-order valence-electron chi connectivity index (χ4n) is 3.91. The summed E-state index contributed by atoms with van der Waals surface area (Å²) >= 11 is 0. The van der Waals surface area contributed by atoms with Crippen LogP contribution in [0.4, 0.5) is 5.69 Å². The monoisotopic (exact) mass is 285 g/mol. The van der Waals surface area contributed by atoms with Gasteiger partial charge in [-0.1, -0.05) is 12.8 Å². The van der Waals surface area contributed by atoms with Gasteiger partial charge in [0.15, 0.2) is 5.69 Å². The number of carbonyl (C=O) groups is 1. The minimum atomic E-state index is -0.799. The van der Waals surface area contributed by atoms with Crippen molar-refractivity contribution in [3.63, 3.8) is 0 Å². The van der Waals surface area contributed by atoms with Crippen LogP contribution in [0.15, 0.2) is 18.3 Å². The van der Waals surface area contributed by atoms with E-state index < -0.39 is 12.0 Å². The maximum atomic E-state index is 11.7.